The zero-order valence-corrected chi connectivity index (χ0v) is 7.86. The van der Waals surface area contributed by atoms with Gasteiger partial charge in [0, 0.05) is 0 Å². The number of nitrogens with two attached hydrogens (primary N) is 1. The van der Waals surface area contributed by atoms with E-state index in [1.54, 1.807) is 0 Å². The average molecular weight is 191 g/mol. The van der Waals surface area contributed by atoms with Crippen molar-refractivity contribution < 1.29 is 4.79 Å². The number of carbonyl (C=O) groups is 1. The SMILES string of the molecule is NC(=O)N/N=C1\C=CC=C2CCC2C1. The number of rotatable bonds is 1. The molecular formula is C10H13N3O. The van der Waals surface area contributed by atoms with E-state index in [4.69, 9.17) is 5.73 Å². The van der Waals surface area contributed by atoms with Crippen molar-refractivity contribution in [3.63, 3.8) is 0 Å². The first-order valence-corrected chi connectivity index (χ1v) is 4.75. The van der Waals surface area contributed by atoms with Gasteiger partial charge in [-0.15, -0.1) is 0 Å². The summed E-state index contributed by atoms with van der Waals surface area (Å²) in [4.78, 5) is 10.5. The van der Waals surface area contributed by atoms with Gasteiger partial charge in [-0.25, -0.2) is 10.2 Å². The van der Waals surface area contributed by atoms with Crippen LogP contribution in [0.1, 0.15) is 19.3 Å². The summed E-state index contributed by atoms with van der Waals surface area (Å²) in [6, 6.07) is -0.614. The lowest BCUT2D eigenvalue weighted by Gasteiger charge is -2.28. The summed E-state index contributed by atoms with van der Waals surface area (Å²) < 4.78 is 0. The molecule has 0 aromatic heterocycles. The van der Waals surface area contributed by atoms with Crippen LogP contribution >= 0.6 is 0 Å². The Morgan fingerprint density at radius 1 is 1.64 bits per heavy atom. The largest absolute Gasteiger partial charge is 0.350 e. The Morgan fingerprint density at radius 2 is 2.50 bits per heavy atom. The summed E-state index contributed by atoms with van der Waals surface area (Å²) in [7, 11) is 0. The molecule has 1 unspecified atom stereocenters. The lowest BCUT2D eigenvalue weighted by molar-refractivity contribution is 0.249. The number of amides is 2. The van der Waals surface area contributed by atoms with Gasteiger partial charge in [0.2, 0.25) is 0 Å². The van der Waals surface area contributed by atoms with E-state index >= 15 is 0 Å². The number of hydrogen-bond donors (Lipinski definition) is 2. The van der Waals surface area contributed by atoms with Crippen molar-refractivity contribution in [3.05, 3.63) is 23.8 Å². The van der Waals surface area contributed by atoms with Crippen LogP contribution in [0.3, 0.4) is 0 Å². The molecule has 0 saturated heterocycles. The molecule has 4 nitrogen and oxygen atoms in total. The number of urea groups is 1. The maximum absolute atomic E-state index is 10.5. The molecule has 0 spiro atoms. The fourth-order valence-electron chi connectivity index (χ4n) is 1.78. The summed E-state index contributed by atoms with van der Waals surface area (Å²) in [5, 5.41) is 3.93. The second-order valence-electron chi connectivity index (χ2n) is 3.62. The maximum atomic E-state index is 10.5. The van der Waals surface area contributed by atoms with E-state index in [0.29, 0.717) is 5.92 Å². The van der Waals surface area contributed by atoms with E-state index in [2.05, 4.69) is 16.6 Å². The van der Waals surface area contributed by atoms with Gasteiger partial charge in [0.15, 0.2) is 0 Å². The molecule has 2 rings (SSSR count). The number of hydrazone groups is 1. The first kappa shape index (κ1) is 8.99. The lowest BCUT2D eigenvalue weighted by atomic mass is 9.77. The minimum Gasteiger partial charge on any atom is -0.350 e. The third-order valence-corrected chi connectivity index (χ3v) is 2.67. The molecule has 4 heteroatoms. The minimum atomic E-state index is -0.614. The first-order valence-electron chi connectivity index (χ1n) is 4.75. The van der Waals surface area contributed by atoms with E-state index in [-0.39, 0.29) is 0 Å². The van der Waals surface area contributed by atoms with Gasteiger partial charge < -0.3 is 5.73 Å². The molecule has 0 aromatic rings. The van der Waals surface area contributed by atoms with Crippen molar-refractivity contribution in [1.82, 2.24) is 5.43 Å². The van der Waals surface area contributed by atoms with Crippen LogP contribution in [0.5, 0.6) is 0 Å². The number of nitrogens with zero attached hydrogens (tertiary/aromatic N) is 1. The molecule has 0 aliphatic heterocycles. The van der Waals surface area contributed by atoms with Gasteiger partial charge in [0.25, 0.3) is 0 Å². The molecule has 2 aliphatic rings. The lowest BCUT2D eigenvalue weighted by Crippen LogP contribution is -2.26. The van der Waals surface area contributed by atoms with Crippen molar-refractivity contribution in [1.29, 1.82) is 0 Å². The Morgan fingerprint density at radius 3 is 3.14 bits per heavy atom. The van der Waals surface area contributed by atoms with Crippen LogP contribution in [0.25, 0.3) is 0 Å². The summed E-state index contributed by atoms with van der Waals surface area (Å²) >= 11 is 0. The number of fused-ring (bicyclic) bond motifs is 1. The standard InChI is InChI=1S/C10H13N3O/c11-10(14)13-12-9-3-1-2-7-4-5-8(7)6-9/h1-3,8H,4-6H2,(H3,11,13,14)/b12-9+. The van der Waals surface area contributed by atoms with E-state index in [1.807, 2.05) is 12.2 Å². The Hall–Kier alpha value is -1.58. The van der Waals surface area contributed by atoms with E-state index in [0.717, 1.165) is 12.1 Å². The first-order chi connectivity index (χ1) is 6.75. The number of carbonyl (C=O) groups excluding carboxylic acids is 1. The maximum Gasteiger partial charge on any atom is 0.332 e. The van der Waals surface area contributed by atoms with E-state index < -0.39 is 6.03 Å². The highest BCUT2D eigenvalue weighted by atomic mass is 16.2. The van der Waals surface area contributed by atoms with Gasteiger partial charge in [-0.2, -0.15) is 5.10 Å². The van der Waals surface area contributed by atoms with Crippen LogP contribution in [0, 0.1) is 5.92 Å². The number of hydrogen-bond acceptors (Lipinski definition) is 2. The van der Waals surface area contributed by atoms with Crippen molar-refractivity contribution in [2.75, 3.05) is 0 Å². The van der Waals surface area contributed by atoms with Crippen molar-refractivity contribution in [2.24, 2.45) is 16.8 Å². The molecule has 0 bridgehead atoms. The quantitative estimate of drug-likeness (QED) is 0.603. The van der Waals surface area contributed by atoms with Crippen LogP contribution in [-0.2, 0) is 0 Å². The molecule has 1 saturated carbocycles. The van der Waals surface area contributed by atoms with Gasteiger partial charge >= 0.3 is 6.03 Å². The third-order valence-electron chi connectivity index (χ3n) is 2.67. The Bertz CT molecular complexity index is 341. The number of allylic oxidation sites excluding steroid dienone is 4. The average Bonchev–Trinajstić information content (AvgIpc) is 2.24. The fraction of sp³-hybridized carbons (Fsp3) is 0.400. The van der Waals surface area contributed by atoms with Gasteiger partial charge in [-0.3, -0.25) is 0 Å². The number of nitrogens with one attached hydrogen (secondary N) is 1. The monoisotopic (exact) mass is 191 g/mol. The minimum absolute atomic E-state index is 0.614. The molecular weight excluding hydrogens is 178 g/mol. The second kappa shape index (κ2) is 3.65. The van der Waals surface area contributed by atoms with Crippen LogP contribution in [0.15, 0.2) is 28.9 Å². The summed E-state index contributed by atoms with van der Waals surface area (Å²) in [5.41, 5.74) is 9.57. The van der Waals surface area contributed by atoms with Gasteiger partial charge in [0.1, 0.15) is 0 Å². The summed E-state index contributed by atoms with van der Waals surface area (Å²) in [5.74, 6) is 0.624. The van der Waals surface area contributed by atoms with Crippen LogP contribution in [0.4, 0.5) is 4.79 Å². The fourth-order valence-corrected chi connectivity index (χ4v) is 1.78. The van der Waals surface area contributed by atoms with Gasteiger partial charge in [0.05, 0.1) is 5.71 Å². The molecule has 0 aromatic carbocycles. The molecule has 1 atom stereocenters. The van der Waals surface area contributed by atoms with Crippen LogP contribution in [-0.4, -0.2) is 11.7 Å². The second-order valence-corrected chi connectivity index (χ2v) is 3.62. The molecule has 1 fully saturated rings. The molecule has 3 N–H and O–H groups in total. The normalized spacial score (nSPS) is 27.3. The number of primary amides is 1. The summed E-state index contributed by atoms with van der Waals surface area (Å²) in [6.45, 7) is 0. The zero-order chi connectivity index (χ0) is 9.97. The highest BCUT2D eigenvalue weighted by molar-refractivity contribution is 5.96. The van der Waals surface area contributed by atoms with E-state index in [9.17, 15) is 4.79 Å². The molecule has 0 radical (unpaired) electrons. The highest BCUT2D eigenvalue weighted by Gasteiger charge is 2.25. The molecule has 74 valence electrons. The smallest absolute Gasteiger partial charge is 0.332 e. The zero-order valence-electron chi connectivity index (χ0n) is 7.86. The molecule has 0 heterocycles. The predicted molar refractivity (Wildman–Crippen MR) is 54.7 cm³/mol. The Balaban J connectivity index is 2.02. The van der Waals surface area contributed by atoms with Gasteiger partial charge in [-0.05, 0) is 31.3 Å². The highest BCUT2D eigenvalue weighted by Crippen LogP contribution is 2.37. The predicted octanol–water partition coefficient (Wildman–Crippen LogP) is 1.31. The van der Waals surface area contributed by atoms with E-state index in [1.165, 1.54) is 18.4 Å². The molecule has 14 heavy (non-hydrogen) atoms. The summed E-state index contributed by atoms with van der Waals surface area (Å²) in [6.07, 6.45) is 9.37. The van der Waals surface area contributed by atoms with Crippen molar-refractivity contribution in [2.45, 2.75) is 19.3 Å². The topological polar surface area (TPSA) is 67.5 Å². The third kappa shape index (κ3) is 1.84. The van der Waals surface area contributed by atoms with Crippen molar-refractivity contribution >= 4 is 11.7 Å². The Kier molecular flexibility index (Phi) is 2.35. The molecule has 2 aliphatic carbocycles. The van der Waals surface area contributed by atoms with Crippen LogP contribution in [0.2, 0.25) is 0 Å². The van der Waals surface area contributed by atoms with Crippen LogP contribution < -0.4 is 11.2 Å². The molecule has 2 amide bonds. The Labute approximate surface area is 82.5 Å². The van der Waals surface area contributed by atoms with Crippen molar-refractivity contribution in [3.8, 4) is 0 Å². The van der Waals surface area contributed by atoms with Gasteiger partial charge in [-0.1, -0.05) is 17.7 Å².